The predicted molar refractivity (Wildman–Crippen MR) is 79.1 cm³/mol. The molecule has 2 fully saturated rings. The Morgan fingerprint density at radius 3 is 2.70 bits per heavy atom. The third kappa shape index (κ3) is 3.74. The van der Waals surface area contributed by atoms with Crippen LogP contribution >= 0.6 is 0 Å². The molecule has 1 N–H and O–H groups in total. The van der Waals surface area contributed by atoms with E-state index in [0.29, 0.717) is 18.9 Å². The summed E-state index contributed by atoms with van der Waals surface area (Å²) >= 11 is 0. The summed E-state index contributed by atoms with van der Waals surface area (Å²) in [6, 6.07) is -0.342. The molecule has 1 aliphatic carbocycles. The first-order valence-electron chi connectivity index (χ1n) is 8.05. The van der Waals surface area contributed by atoms with Crippen molar-refractivity contribution < 1.29 is 9.59 Å². The van der Waals surface area contributed by atoms with Crippen LogP contribution in [0.5, 0.6) is 0 Å². The van der Waals surface area contributed by atoms with E-state index >= 15 is 0 Å². The molecule has 1 aliphatic heterocycles. The molecule has 0 aromatic carbocycles. The smallest absolute Gasteiger partial charge is 0.245 e. The highest BCUT2D eigenvalue weighted by atomic mass is 16.2. The van der Waals surface area contributed by atoms with Crippen molar-refractivity contribution in [1.29, 1.82) is 0 Å². The van der Waals surface area contributed by atoms with Gasteiger partial charge >= 0.3 is 0 Å². The Morgan fingerprint density at radius 2 is 2.05 bits per heavy atom. The van der Waals surface area contributed by atoms with Crippen LogP contribution in [-0.2, 0) is 9.59 Å². The first-order chi connectivity index (χ1) is 9.47. The zero-order valence-corrected chi connectivity index (χ0v) is 13.0. The quantitative estimate of drug-likeness (QED) is 0.861. The van der Waals surface area contributed by atoms with Gasteiger partial charge in [0.15, 0.2) is 0 Å². The molecule has 0 radical (unpaired) electrons. The Balaban J connectivity index is 2.01. The van der Waals surface area contributed by atoms with E-state index in [4.69, 9.17) is 0 Å². The minimum absolute atomic E-state index is 0.0107. The summed E-state index contributed by atoms with van der Waals surface area (Å²) in [5.41, 5.74) is 0. The highest BCUT2D eigenvalue weighted by molar-refractivity contribution is 5.90. The van der Waals surface area contributed by atoms with E-state index in [0.717, 1.165) is 12.5 Å². The minimum atomic E-state index is -0.342. The highest BCUT2D eigenvalue weighted by Gasteiger charge is 2.33. The van der Waals surface area contributed by atoms with Crippen molar-refractivity contribution in [1.82, 2.24) is 10.2 Å². The molecule has 4 heteroatoms. The molecule has 3 unspecified atom stereocenters. The van der Waals surface area contributed by atoms with Crippen LogP contribution in [0, 0.1) is 17.8 Å². The second-order valence-corrected chi connectivity index (χ2v) is 6.96. The van der Waals surface area contributed by atoms with E-state index in [1.165, 1.54) is 25.7 Å². The average molecular weight is 280 g/mol. The van der Waals surface area contributed by atoms with Crippen LogP contribution in [0.2, 0.25) is 0 Å². The van der Waals surface area contributed by atoms with Gasteiger partial charge in [-0.05, 0) is 30.6 Å². The van der Waals surface area contributed by atoms with Crippen LogP contribution in [0.15, 0.2) is 0 Å². The molecule has 0 bridgehead atoms. The largest absolute Gasteiger partial charge is 0.344 e. The fourth-order valence-corrected chi connectivity index (χ4v) is 3.52. The summed E-state index contributed by atoms with van der Waals surface area (Å²) in [5, 5.41) is 2.87. The van der Waals surface area contributed by atoms with E-state index in [-0.39, 0.29) is 23.8 Å². The van der Waals surface area contributed by atoms with Crippen LogP contribution in [0.25, 0.3) is 0 Å². The van der Waals surface area contributed by atoms with Crippen molar-refractivity contribution in [3.05, 3.63) is 0 Å². The Morgan fingerprint density at radius 1 is 1.30 bits per heavy atom. The number of amides is 2. The van der Waals surface area contributed by atoms with E-state index in [1.54, 1.807) is 0 Å². The van der Waals surface area contributed by atoms with Crippen molar-refractivity contribution in [2.24, 2.45) is 17.8 Å². The molecule has 114 valence electrons. The number of nitrogens with zero attached hydrogens (tertiary/aromatic N) is 1. The molecular formula is C16H28N2O2. The topological polar surface area (TPSA) is 49.4 Å². The van der Waals surface area contributed by atoms with Crippen LogP contribution in [0.4, 0.5) is 0 Å². The second-order valence-electron chi connectivity index (χ2n) is 6.96. The van der Waals surface area contributed by atoms with Crippen molar-refractivity contribution >= 4 is 11.8 Å². The first kappa shape index (κ1) is 15.3. The second kappa shape index (κ2) is 6.59. The summed E-state index contributed by atoms with van der Waals surface area (Å²) in [7, 11) is 0. The molecule has 2 amide bonds. The summed E-state index contributed by atoms with van der Waals surface area (Å²) in [5.74, 6) is 1.66. The molecule has 0 spiro atoms. The lowest BCUT2D eigenvalue weighted by Crippen LogP contribution is -2.48. The van der Waals surface area contributed by atoms with Gasteiger partial charge in [-0.1, -0.05) is 33.6 Å². The van der Waals surface area contributed by atoms with Gasteiger partial charge in [0.1, 0.15) is 6.04 Å². The molecule has 1 saturated heterocycles. The maximum atomic E-state index is 12.6. The van der Waals surface area contributed by atoms with Gasteiger partial charge < -0.3 is 10.2 Å². The molecular weight excluding hydrogens is 252 g/mol. The number of hydrogen-bond donors (Lipinski definition) is 1. The maximum absolute atomic E-state index is 12.6. The van der Waals surface area contributed by atoms with Crippen molar-refractivity contribution in [3.8, 4) is 0 Å². The Kier molecular flexibility index (Phi) is 5.06. The van der Waals surface area contributed by atoms with Crippen molar-refractivity contribution in [2.45, 2.75) is 58.9 Å². The predicted octanol–water partition coefficient (Wildman–Crippen LogP) is 2.19. The van der Waals surface area contributed by atoms with E-state index in [2.05, 4.69) is 12.2 Å². The third-order valence-corrected chi connectivity index (χ3v) is 4.69. The van der Waals surface area contributed by atoms with Crippen LogP contribution in [0.1, 0.15) is 52.9 Å². The van der Waals surface area contributed by atoms with Gasteiger partial charge in [0.25, 0.3) is 0 Å². The monoisotopic (exact) mass is 280 g/mol. The van der Waals surface area contributed by atoms with Crippen LogP contribution in [0.3, 0.4) is 0 Å². The average Bonchev–Trinajstić information content (AvgIpc) is 2.52. The number of rotatable bonds is 3. The summed E-state index contributed by atoms with van der Waals surface area (Å²) in [4.78, 5) is 26.3. The van der Waals surface area contributed by atoms with Gasteiger partial charge in [-0.25, -0.2) is 0 Å². The van der Waals surface area contributed by atoms with E-state index in [9.17, 15) is 9.59 Å². The fourth-order valence-electron chi connectivity index (χ4n) is 3.52. The molecule has 0 aromatic rings. The zero-order chi connectivity index (χ0) is 14.7. The lowest BCUT2D eigenvalue weighted by molar-refractivity contribution is -0.135. The Hall–Kier alpha value is -1.06. The first-order valence-corrected chi connectivity index (χ1v) is 8.05. The maximum Gasteiger partial charge on any atom is 0.245 e. The third-order valence-electron chi connectivity index (χ3n) is 4.69. The molecule has 2 rings (SSSR count). The molecule has 1 heterocycles. The van der Waals surface area contributed by atoms with E-state index in [1.807, 2.05) is 18.7 Å². The van der Waals surface area contributed by atoms with Gasteiger partial charge in [-0.3, -0.25) is 9.59 Å². The minimum Gasteiger partial charge on any atom is -0.344 e. The standard InChI is InChI=1S/C16H28N2O2/c1-11(2)15-16(20)18(8-7-14(19)17-15)10-13-6-4-5-12(3)9-13/h11-13,15H,4-10H2,1-3H3,(H,17,19). The lowest BCUT2D eigenvalue weighted by atomic mass is 9.82. The molecule has 2 aliphatic rings. The summed E-state index contributed by atoms with van der Waals surface area (Å²) in [6.45, 7) is 7.71. The van der Waals surface area contributed by atoms with Gasteiger partial charge in [-0.15, -0.1) is 0 Å². The molecule has 0 aromatic heterocycles. The van der Waals surface area contributed by atoms with E-state index < -0.39 is 0 Å². The summed E-state index contributed by atoms with van der Waals surface area (Å²) < 4.78 is 0. The molecule has 3 atom stereocenters. The van der Waals surface area contributed by atoms with Gasteiger partial charge in [0.05, 0.1) is 0 Å². The van der Waals surface area contributed by atoms with Gasteiger partial charge in [0.2, 0.25) is 11.8 Å². The van der Waals surface area contributed by atoms with Crippen LogP contribution in [-0.4, -0.2) is 35.8 Å². The molecule has 1 saturated carbocycles. The number of carbonyl (C=O) groups is 2. The van der Waals surface area contributed by atoms with Crippen molar-refractivity contribution in [2.75, 3.05) is 13.1 Å². The zero-order valence-electron chi connectivity index (χ0n) is 13.0. The SMILES string of the molecule is CC1CCCC(CN2CCC(=O)NC(C(C)C)C2=O)C1. The van der Waals surface area contributed by atoms with Gasteiger partial charge in [-0.2, -0.15) is 0 Å². The summed E-state index contributed by atoms with van der Waals surface area (Å²) in [6.07, 6.45) is 5.48. The van der Waals surface area contributed by atoms with Gasteiger partial charge in [0, 0.05) is 19.5 Å². The Bertz CT molecular complexity index is 367. The number of nitrogens with one attached hydrogen (secondary N) is 1. The Labute approximate surface area is 122 Å². The lowest BCUT2D eigenvalue weighted by Gasteiger charge is -2.33. The molecule has 4 nitrogen and oxygen atoms in total. The highest BCUT2D eigenvalue weighted by Crippen LogP contribution is 2.29. The van der Waals surface area contributed by atoms with Crippen LogP contribution < -0.4 is 5.32 Å². The van der Waals surface area contributed by atoms with Crippen molar-refractivity contribution in [3.63, 3.8) is 0 Å². The fraction of sp³-hybridized carbons (Fsp3) is 0.875. The normalized spacial score (nSPS) is 32.2. The number of carbonyl (C=O) groups excluding carboxylic acids is 2. The molecule has 20 heavy (non-hydrogen) atoms. The number of hydrogen-bond acceptors (Lipinski definition) is 2.